The van der Waals surface area contributed by atoms with Crippen LogP contribution in [0.1, 0.15) is 10.4 Å². The van der Waals surface area contributed by atoms with Crippen molar-refractivity contribution in [3.8, 4) is 17.1 Å². The van der Waals surface area contributed by atoms with E-state index in [2.05, 4.69) is 10.1 Å². The van der Waals surface area contributed by atoms with Crippen LogP contribution in [0, 0.1) is 0 Å². The third-order valence-corrected chi connectivity index (χ3v) is 5.74. The van der Waals surface area contributed by atoms with Crippen LogP contribution in [0.25, 0.3) is 27.9 Å². The molecule has 7 nitrogen and oxygen atoms in total. The van der Waals surface area contributed by atoms with E-state index in [1.165, 1.54) is 11.8 Å². The van der Waals surface area contributed by atoms with Crippen LogP contribution >= 0.6 is 11.8 Å². The van der Waals surface area contributed by atoms with Gasteiger partial charge in [-0.1, -0.05) is 23.9 Å². The Kier molecular flexibility index (Phi) is 5.05. The van der Waals surface area contributed by atoms with Crippen LogP contribution in [0.15, 0.2) is 78.2 Å². The lowest BCUT2D eigenvalue weighted by Crippen LogP contribution is -2.05. The second-order valence-electron chi connectivity index (χ2n) is 6.76. The first kappa shape index (κ1) is 19.2. The van der Waals surface area contributed by atoms with Crippen molar-refractivity contribution in [2.24, 2.45) is 0 Å². The standard InChI is InChI=1S/C23H17N5O2S/c1-30-17-10-8-15(9-11-17)20(29)14-31-23-25-19-7-3-2-6-18(19)22-26-21(27-28(22)23)16-5-4-12-24-13-16/h2-13H,14H2,1H3. The van der Waals surface area contributed by atoms with Crippen molar-refractivity contribution < 1.29 is 9.53 Å². The summed E-state index contributed by atoms with van der Waals surface area (Å²) in [5.74, 6) is 1.51. The predicted molar refractivity (Wildman–Crippen MR) is 120 cm³/mol. The summed E-state index contributed by atoms with van der Waals surface area (Å²) in [6.45, 7) is 0. The van der Waals surface area contributed by atoms with Gasteiger partial charge in [0.1, 0.15) is 5.75 Å². The van der Waals surface area contributed by atoms with Gasteiger partial charge in [0.15, 0.2) is 22.4 Å². The molecule has 8 heteroatoms. The Hall–Kier alpha value is -3.78. The molecule has 0 saturated heterocycles. The Balaban J connectivity index is 1.52. The summed E-state index contributed by atoms with van der Waals surface area (Å²) in [7, 11) is 1.60. The van der Waals surface area contributed by atoms with Gasteiger partial charge < -0.3 is 4.74 Å². The summed E-state index contributed by atoms with van der Waals surface area (Å²) < 4.78 is 6.86. The zero-order chi connectivity index (χ0) is 21.2. The first-order chi connectivity index (χ1) is 15.2. The van der Waals surface area contributed by atoms with Gasteiger partial charge >= 0.3 is 0 Å². The van der Waals surface area contributed by atoms with Crippen LogP contribution in [0.5, 0.6) is 5.75 Å². The molecule has 0 aliphatic carbocycles. The van der Waals surface area contributed by atoms with E-state index in [1.807, 2.05) is 36.4 Å². The third-order valence-electron chi connectivity index (χ3n) is 4.81. The lowest BCUT2D eigenvalue weighted by Gasteiger charge is -2.06. The Morgan fingerprint density at radius 1 is 1.03 bits per heavy atom. The number of carbonyl (C=O) groups is 1. The van der Waals surface area contributed by atoms with Gasteiger partial charge in [-0.25, -0.2) is 9.97 Å². The lowest BCUT2D eigenvalue weighted by atomic mass is 10.1. The lowest BCUT2D eigenvalue weighted by molar-refractivity contribution is 0.102. The van der Waals surface area contributed by atoms with Crippen LogP contribution in [0.2, 0.25) is 0 Å². The highest BCUT2D eigenvalue weighted by Gasteiger charge is 2.16. The molecule has 31 heavy (non-hydrogen) atoms. The quantitative estimate of drug-likeness (QED) is 0.227. The molecule has 152 valence electrons. The number of aromatic nitrogens is 5. The topological polar surface area (TPSA) is 82.3 Å². The summed E-state index contributed by atoms with van der Waals surface area (Å²) in [5, 5.41) is 6.17. The summed E-state index contributed by atoms with van der Waals surface area (Å²) in [6, 6.07) is 18.6. The van der Waals surface area contributed by atoms with Crippen LogP contribution in [-0.4, -0.2) is 43.2 Å². The number of thioether (sulfide) groups is 1. The summed E-state index contributed by atoms with van der Waals surface area (Å²) >= 11 is 1.34. The molecule has 5 rings (SSSR count). The maximum Gasteiger partial charge on any atom is 0.192 e. The van der Waals surface area contributed by atoms with Crippen LogP contribution in [0.3, 0.4) is 0 Å². The molecule has 3 aromatic heterocycles. The zero-order valence-corrected chi connectivity index (χ0v) is 17.4. The summed E-state index contributed by atoms with van der Waals surface area (Å²) in [4.78, 5) is 26.3. The second-order valence-corrected chi connectivity index (χ2v) is 7.71. The fourth-order valence-corrected chi connectivity index (χ4v) is 4.07. The number of rotatable bonds is 6. The van der Waals surface area contributed by atoms with Crippen LogP contribution in [0.4, 0.5) is 0 Å². The summed E-state index contributed by atoms with van der Waals surface area (Å²) in [6.07, 6.45) is 3.44. The molecule has 0 aliphatic heterocycles. The molecule has 0 fully saturated rings. The highest BCUT2D eigenvalue weighted by molar-refractivity contribution is 7.99. The van der Waals surface area contributed by atoms with Crippen molar-refractivity contribution in [1.82, 2.24) is 24.6 Å². The smallest absolute Gasteiger partial charge is 0.192 e. The van der Waals surface area contributed by atoms with Crippen LogP contribution in [-0.2, 0) is 0 Å². The molecule has 0 unspecified atom stereocenters. The van der Waals surface area contributed by atoms with Crippen molar-refractivity contribution in [3.63, 3.8) is 0 Å². The number of carbonyl (C=O) groups excluding carboxylic acids is 1. The van der Waals surface area contributed by atoms with Gasteiger partial charge in [0, 0.05) is 28.9 Å². The summed E-state index contributed by atoms with van der Waals surface area (Å²) in [5.41, 5.74) is 2.95. The van der Waals surface area contributed by atoms with Gasteiger partial charge in [0.25, 0.3) is 0 Å². The van der Waals surface area contributed by atoms with E-state index in [1.54, 1.807) is 48.3 Å². The van der Waals surface area contributed by atoms with Gasteiger partial charge in [-0.05, 0) is 48.5 Å². The highest BCUT2D eigenvalue weighted by Crippen LogP contribution is 2.26. The van der Waals surface area contributed by atoms with Crippen molar-refractivity contribution in [2.45, 2.75) is 5.16 Å². The van der Waals surface area contributed by atoms with Gasteiger partial charge in [-0.15, -0.1) is 5.10 Å². The minimum absolute atomic E-state index is 0.00311. The number of nitrogens with zero attached hydrogens (tertiary/aromatic N) is 5. The molecule has 0 radical (unpaired) electrons. The number of para-hydroxylation sites is 1. The molecule has 0 spiro atoms. The minimum atomic E-state index is 0.00311. The number of Topliss-reactive ketones (excluding diaryl/α,β-unsaturated/α-hetero) is 1. The molecular formula is C23H17N5O2S. The second kappa shape index (κ2) is 8.16. The Morgan fingerprint density at radius 2 is 1.87 bits per heavy atom. The van der Waals surface area contributed by atoms with Gasteiger partial charge in [-0.3, -0.25) is 9.78 Å². The fraction of sp³-hybridized carbons (Fsp3) is 0.0870. The van der Waals surface area contributed by atoms with Crippen molar-refractivity contribution in [3.05, 3.63) is 78.6 Å². The Labute approximate surface area is 182 Å². The van der Waals surface area contributed by atoms with E-state index >= 15 is 0 Å². The van der Waals surface area contributed by atoms with E-state index < -0.39 is 0 Å². The number of pyridine rings is 1. The van der Waals surface area contributed by atoms with Crippen molar-refractivity contribution >= 4 is 34.1 Å². The molecule has 0 N–H and O–H groups in total. The number of hydrogen-bond acceptors (Lipinski definition) is 7. The fourth-order valence-electron chi connectivity index (χ4n) is 3.23. The SMILES string of the molecule is COc1ccc(C(=O)CSc2nc3ccccc3c3nc(-c4cccnc4)nn23)cc1. The normalized spacial score (nSPS) is 11.1. The highest BCUT2D eigenvalue weighted by atomic mass is 32.2. The van der Waals surface area contributed by atoms with E-state index in [-0.39, 0.29) is 11.5 Å². The number of methoxy groups -OCH3 is 1. The van der Waals surface area contributed by atoms with E-state index in [4.69, 9.17) is 14.7 Å². The predicted octanol–water partition coefficient (Wildman–Crippen LogP) is 4.32. The molecule has 0 atom stereocenters. The first-order valence-corrected chi connectivity index (χ1v) is 10.6. The van der Waals surface area contributed by atoms with Gasteiger partial charge in [0.05, 0.1) is 18.4 Å². The molecule has 2 aromatic carbocycles. The molecule has 5 aromatic rings. The Morgan fingerprint density at radius 3 is 2.65 bits per heavy atom. The molecule has 0 aliphatic rings. The molecule has 0 bridgehead atoms. The van der Waals surface area contributed by atoms with E-state index in [0.717, 1.165) is 16.5 Å². The van der Waals surface area contributed by atoms with Gasteiger partial charge in [0.2, 0.25) is 0 Å². The number of ether oxygens (including phenoxy) is 1. The maximum absolute atomic E-state index is 12.7. The van der Waals surface area contributed by atoms with Crippen molar-refractivity contribution in [2.75, 3.05) is 12.9 Å². The molecule has 0 saturated carbocycles. The first-order valence-electron chi connectivity index (χ1n) is 9.59. The molecule has 3 heterocycles. The largest absolute Gasteiger partial charge is 0.497 e. The minimum Gasteiger partial charge on any atom is -0.497 e. The van der Waals surface area contributed by atoms with Crippen molar-refractivity contribution in [1.29, 1.82) is 0 Å². The van der Waals surface area contributed by atoms with E-state index in [9.17, 15) is 4.79 Å². The maximum atomic E-state index is 12.7. The third kappa shape index (κ3) is 3.73. The average molecular weight is 427 g/mol. The zero-order valence-electron chi connectivity index (χ0n) is 16.6. The van der Waals surface area contributed by atoms with Gasteiger partial charge in [-0.2, -0.15) is 4.52 Å². The number of fused-ring (bicyclic) bond motifs is 3. The number of hydrogen-bond donors (Lipinski definition) is 0. The van der Waals surface area contributed by atoms with E-state index in [0.29, 0.717) is 27.9 Å². The molecule has 0 amide bonds. The monoisotopic (exact) mass is 427 g/mol. The molecular weight excluding hydrogens is 410 g/mol. The number of ketones is 1. The number of benzene rings is 2. The Bertz CT molecular complexity index is 1380. The average Bonchev–Trinajstić information content (AvgIpc) is 3.29. The van der Waals surface area contributed by atoms with Crippen LogP contribution < -0.4 is 4.74 Å².